The zero-order chi connectivity index (χ0) is 13.1. The molecule has 0 spiro atoms. The average molecular weight is 237 g/mol. The predicted molar refractivity (Wildman–Crippen MR) is 71.7 cm³/mol. The van der Waals surface area contributed by atoms with Crippen LogP contribution >= 0.6 is 0 Å². The van der Waals surface area contributed by atoms with E-state index in [9.17, 15) is 0 Å². The Balaban J connectivity index is 2.53. The monoisotopic (exact) mass is 237 g/mol. The smallest absolute Gasteiger partial charge is 0.101 e. The number of piperidine rings is 1. The van der Waals surface area contributed by atoms with Crippen LogP contribution in [0.2, 0.25) is 0 Å². The molecule has 1 rings (SSSR count). The summed E-state index contributed by atoms with van der Waals surface area (Å²) in [6.45, 7) is 11.8. The van der Waals surface area contributed by atoms with Crippen LogP contribution < -0.4 is 5.32 Å². The quantitative estimate of drug-likeness (QED) is 0.815. The second-order valence-electron chi connectivity index (χ2n) is 6.68. The van der Waals surface area contributed by atoms with Gasteiger partial charge in [-0.25, -0.2) is 0 Å². The largest absolute Gasteiger partial charge is 0.306 e. The summed E-state index contributed by atoms with van der Waals surface area (Å²) in [5, 5.41) is 12.4. The maximum absolute atomic E-state index is 9.02. The Hall–Kier alpha value is -0.590. The van der Waals surface area contributed by atoms with Crippen LogP contribution in [0.5, 0.6) is 0 Å². The lowest BCUT2D eigenvalue weighted by Gasteiger charge is -2.41. The Morgan fingerprint density at radius 2 is 2.00 bits per heavy atom. The number of hydrogen-bond donors (Lipinski definition) is 1. The highest BCUT2D eigenvalue weighted by Gasteiger charge is 2.33. The van der Waals surface area contributed by atoms with Crippen LogP contribution in [0.4, 0.5) is 0 Å². The molecule has 0 radical (unpaired) electrons. The minimum absolute atomic E-state index is 0.253. The molecule has 3 nitrogen and oxygen atoms in total. The number of nitrogens with zero attached hydrogens (tertiary/aromatic N) is 2. The molecule has 0 aliphatic carbocycles. The Labute approximate surface area is 106 Å². The maximum Gasteiger partial charge on any atom is 0.101 e. The molecule has 3 heteroatoms. The van der Waals surface area contributed by atoms with E-state index in [1.54, 1.807) is 0 Å². The van der Waals surface area contributed by atoms with Gasteiger partial charge in [-0.05, 0) is 51.6 Å². The first-order valence-electron chi connectivity index (χ1n) is 6.62. The van der Waals surface area contributed by atoms with Crippen LogP contribution in [0.25, 0.3) is 0 Å². The van der Waals surface area contributed by atoms with Crippen molar-refractivity contribution in [3.63, 3.8) is 0 Å². The van der Waals surface area contributed by atoms with Gasteiger partial charge in [0.15, 0.2) is 0 Å². The molecule has 0 aromatic carbocycles. The van der Waals surface area contributed by atoms with Crippen LogP contribution in [0, 0.1) is 22.7 Å². The number of likely N-dealkylation sites (tertiary alicyclic amines) is 1. The molecule has 1 heterocycles. The van der Waals surface area contributed by atoms with E-state index in [0.29, 0.717) is 0 Å². The molecule has 98 valence electrons. The van der Waals surface area contributed by atoms with E-state index in [4.69, 9.17) is 5.26 Å². The van der Waals surface area contributed by atoms with Crippen molar-refractivity contribution in [2.75, 3.05) is 26.7 Å². The summed E-state index contributed by atoms with van der Waals surface area (Å²) < 4.78 is 0. The molecule has 1 fully saturated rings. The summed E-state index contributed by atoms with van der Waals surface area (Å²) in [5.41, 5.74) is -0.166. The molecule has 1 aliphatic heterocycles. The van der Waals surface area contributed by atoms with Gasteiger partial charge < -0.3 is 4.90 Å². The molecule has 0 saturated carbocycles. The van der Waals surface area contributed by atoms with Crippen molar-refractivity contribution in [2.24, 2.45) is 11.3 Å². The van der Waals surface area contributed by atoms with Gasteiger partial charge in [0.2, 0.25) is 0 Å². The SMILES string of the molecule is CN1CCCC(C(C)(C)CNC(C)(C)C#N)C1. The Bertz CT molecular complexity index is 288. The van der Waals surface area contributed by atoms with E-state index in [2.05, 4.69) is 37.2 Å². The van der Waals surface area contributed by atoms with Gasteiger partial charge in [0.05, 0.1) is 6.07 Å². The lowest BCUT2D eigenvalue weighted by Crippen LogP contribution is -2.48. The van der Waals surface area contributed by atoms with Crippen molar-refractivity contribution >= 4 is 0 Å². The van der Waals surface area contributed by atoms with Crippen molar-refractivity contribution in [3.05, 3.63) is 0 Å². The fourth-order valence-corrected chi connectivity index (χ4v) is 2.44. The highest BCUT2D eigenvalue weighted by atomic mass is 15.1. The molecule has 1 atom stereocenters. The molecule has 0 aromatic heterocycles. The number of hydrogen-bond acceptors (Lipinski definition) is 3. The minimum Gasteiger partial charge on any atom is -0.306 e. The topological polar surface area (TPSA) is 39.1 Å². The van der Waals surface area contributed by atoms with Crippen LogP contribution in [-0.2, 0) is 0 Å². The summed E-state index contributed by atoms with van der Waals surface area (Å²) in [7, 11) is 2.20. The standard InChI is InChI=1S/C14H27N3/c1-13(2,11-16-14(3,4)10-15)12-7-6-8-17(5)9-12/h12,16H,6-9,11H2,1-5H3. The van der Waals surface area contributed by atoms with E-state index >= 15 is 0 Å². The molecule has 17 heavy (non-hydrogen) atoms. The van der Waals surface area contributed by atoms with Gasteiger partial charge >= 0.3 is 0 Å². The van der Waals surface area contributed by atoms with Crippen LogP contribution in [0.1, 0.15) is 40.5 Å². The second kappa shape index (κ2) is 5.37. The summed E-state index contributed by atoms with van der Waals surface area (Å²) in [5.74, 6) is 0.725. The third kappa shape index (κ3) is 4.29. The second-order valence-corrected chi connectivity index (χ2v) is 6.68. The number of nitrogens with one attached hydrogen (secondary N) is 1. The van der Waals surface area contributed by atoms with Gasteiger partial charge in [-0.1, -0.05) is 13.8 Å². The van der Waals surface area contributed by atoms with Gasteiger partial charge in [-0.3, -0.25) is 5.32 Å². The van der Waals surface area contributed by atoms with Crippen molar-refractivity contribution in [1.29, 1.82) is 5.26 Å². The van der Waals surface area contributed by atoms with E-state index < -0.39 is 5.54 Å². The van der Waals surface area contributed by atoms with Crippen molar-refractivity contribution in [2.45, 2.75) is 46.1 Å². The Kier molecular flexibility index (Phi) is 4.57. The van der Waals surface area contributed by atoms with Crippen LogP contribution in [0.3, 0.4) is 0 Å². The van der Waals surface area contributed by atoms with Gasteiger partial charge in [0.25, 0.3) is 0 Å². The lowest BCUT2D eigenvalue weighted by atomic mass is 9.74. The highest BCUT2D eigenvalue weighted by Crippen LogP contribution is 2.33. The highest BCUT2D eigenvalue weighted by molar-refractivity contribution is 5.01. The zero-order valence-corrected chi connectivity index (χ0v) is 12.0. The minimum atomic E-state index is -0.419. The molecule has 1 unspecified atom stereocenters. The van der Waals surface area contributed by atoms with Crippen LogP contribution in [-0.4, -0.2) is 37.1 Å². The third-order valence-corrected chi connectivity index (χ3v) is 4.00. The molecule has 0 aromatic rings. The maximum atomic E-state index is 9.02. The van der Waals surface area contributed by atoms with E-state index in [-0.39, 0.29) is 5.41 Å². The fraction of sp³-hybridized carbons (Fsp3) is 0.929. The van der Waals surface area contributed by atoms with Gasteiger partial charge in [-0.15, -0.1) is 0 Å². The molecule has 1 N–H and O–H groups in total. The summed E-state index contributed by atoms with van der Waals surface area (Å²) >= 11 is 0. The Morgan fingerprint density at radius 1 is 1.35 bits per heavy atom. The third-order valence-electron chi connectivity index (χ3n) is 4.00. The van der Waals surface area contributed by atoms with Gasteiger partial charge in [0.1, 0.15) is 5.54 Å². The number of rotatable bonds is 4. The first-order chi connectivity index (χ1) is 7.77. The van der Waals surface area contributed by atoms with E-state index in [1.807, 2.05) is 13.8 Å². The normalized spacial score (nSPS) is 23.4. The van der Waals surface area contributed by atoms with E-state index in [0.717, 1.165) is 12.5 Å². The zero-order valence-electron chi connectivity index (χ0n) is 12.0. The first-order valence-corrected chi connectivity index (χ1v) is 6.62. The van der Waals surface area contributed by atoms with Gasteiger partial charge in [-0.2, -0.15) is 5.26 Å². The average Bonchev–Trinajstić information content (AvgIpc) is 2.27. The molecule has 1 saturated heterocycles. The van der Waals surface area contributed by atoms with Crippen LogP contribution in [0.15, 0.2) is 0 Å². The lowest BCUT2D eigenvalue weighted by molar-refractivity contribution is 0.0987. The molecular formula is C14H27N3. The first kappa shape index (κ1) is 14.5. The molecule has 0 bridgehead atoms. The fourth-order valence-electron chi connectivity index (χ4n) is 2.44. The van der Waals surface area contributed by atoms with E-state index in [1.165, 1.54) is 25.9 Å². The molecule has 1 aliphatic rings. The molecule has 0 amide bonds. The Morgan fingerprint density at radius 3 is 2.53 bits per heavy atom. The van der Waals surface area contributed by atoms with Gasteiger partial charge in [0, 0.05) is 13.1 Å². The number of nitriles is 1. The van der Waals surface area contributed by atoms with Crippen molar-refractivity contribution in [3.8, 4) is 6.07 Å². The summed E-state index contributed by atoms with van der Waals surface area (Å²) in [6.07, 6.45) is 2.61. The van der Waals surface area contributed by atoms with Crippen molar-refractivity contribution < 1.29 is 0 Å². The predicted octanol–water partition coefficient (Wildman–Crippen LogP) is 2.25. The summed E-state index contributed by atoms with van der Waals surface area (Å²) in [6, 6.07) is 2.30. The summed E-state index contributed by atoms with van der Waals surface area (Å²) in [4.78, 5) is 2.42. The van der Waals surface area contributed by atoms with Crippen molar-refractivity contribution in [1.82, 2.24) is 10.2 Å². The molecular weight excluding hydrogens is 210 g/mol.